The molecule has 0 aromatic rings. The van der Waals surface area contributed by atoms with Crippen LogP contribution in [0.4, 0.5) is 0 Å². The highest BCUT2D eigenvalue weighted by atomic mass is 15.2. The van der Waals surface area contributed by atoms with Crippen LogP contribution in [0.2, 0.25) is 0 Å². The van der Waals surface area contributed by atoms with Crippen LogP contribution in [0, 0.1) is 5.92 Å². The molecule has 2 nitrogen and oxygen atoms in total. The summed E-state index contributed by atoms with van der Waals surface area (Å²) in [5.74, 6) is 1.04. The van der Waals surface area contributed by atoms with Crippen LogP contribution in [0.3, 0.4) is 0 Å². The van der Waals surface area contributed by atoms with E-state index >= 15 is 0 Å². The average molecular weight is 208 g/mol. The van der Waals surface area contributed by atoms with Gasteiger partial charge in [0.2, 0.25) is 0 Å². The van der Waals surface area contributed by atoms with Gasteiger partial charge in [-0.15, -0.1) is 0 Å². The quantitative estimate of drug-likeness (QED) is 0.747. The maximum absolute atomic E-state index is 3.79. The summed E-state index contributed by atoms with van der Waals surface area (Å²) in [5, 5.41) is 3.79. The number of rotatable bonds is 2. The fourth-order valence-electron chi connectivity index (χ4n) is 3.63. The van der Waals surface area contributed by atoms with Gasteiger partial charge in [0.1, 0.15) is 0 Å². The zero-order valence-electron chi connectivity index (χ0n) is 9.80. The lowest BCUT2D eigenvalue weighted by Crippen LogP contribution is -2.59. The number of nitrogens with one attached hydrogen (secondary N) is 1. The van der Waals surface area contributed by atoms with E-state index in [1.807, 2.05) is 0 Å². The second-order valence-electron chi connectivity index (χ2n) is 5.95. The van der Waals surface area contributed by atoms with Crippen LogP contribution in [0.5, 0.6) is 0 Å². The van der Waals surface area contributed by atoms with E-state index in [-0.39, 0.29) is 0 Å². The van der Waals surface area contributed by atoms with E-state index in [0.717, 1.165) is 5.92 Å². The minimum absolute atomic E-state index is 0.530. The molecular formula is C13H24N2. The van der Waals surface area contributed by atoms with Crippen LogP contribution in [-0.2, 0) is 0 Å². The fraction of sp³-hybridized carbons (Fsp3) is 1.00. The zero-order valence-corrected chi connectivity index (χ0v) is 9.80. The van der Waals surface area contributed by atoms with E-state index in [4.69, 9.17) is 0 Å². The first kappa shape index (κ1) is 10.1. The maximum atomic E-state index is 3.79. The van der Waals surface area contributed by atoms with Crippen molar-refractivity contribution in [2.75, 3.05) is 26.2 Å². The lowest BCUT2D eigenvalue weighted by Gasteiger charge is -2.43. The van der Waals surface area contributed by atoms with Crippen molar-refractivity contribution in [3.05, 3.63) is 0 Å². The van der Waals surface area contributed by atoms with Gasteiger partial charge in [0.15, 0.2) is 0 Å². The minimum Gasteiger partial charge on any atom is -0.309 e. The zero-order chi connectivity index (χ0) is 10.1. The van der Waals surface area contributed by atoms with Crippen molar-refractivity contribution in [3.63, 3.8) is 0 Å². The van der Waals surface area contributed by atoms with Gasteiger partial charge in [-0.05, 0) is 31.6 Å². The van der Waals surface area contributed by atoms with Gasteiger partial charge in [-0.2, -0.15) is 0 Å². The molecule has 0 aromatic heterocycles. The number of nitrogens with zero attached hydrogens (tertiary/aromatic N) is 1. The Bertz CT molecular complexity index is 217. The van der Waals surface area contributed by atoms with Crippen LogP contribution in [0.1, 0.15) is 44.9 Å². The van der Waals surface area contributed by atoms with Gasteiger partial charge in [-0.25, -0.2) is 0 Å². The lowest BCUT2D eigenvalue weighted by atomic mass is 9.84. The Morgan fingerprint density at radius 3 is 2.60 bits per heavy atom. The summed E-state index contributed by atoms with van der Waals surface area (Å²) < 4.78 is 0. The number of piperazine rings is 1. The smallest absolute Gasteiger partial charge is 0.0309 e. The molecule has 0 atom stereocenters. The van der Waals surface area contributed by atoms with Crippen LogP contribution in [0.15, 0.2) is 0 Å². The van der Waals surface area contributed by atoms with E-state index in [9.17, 15) is 0 Å². The van der Waals surface area contributed by atoms with Crippen LogP contribution < -0.4 is 5.32 Å². The van der Waals surface area contributed by atoms with Gasteiger partial charge >= 0.3 is 0 Å². The third-order valence-corrected chi connectivity index (χ3v) is 4.76. The third kappa shape index (κ3) is 2.07. The first-order chi connectivity index (χ1) is 7.36. The van der Waals surface area contributed by atoms with Crippen LogP contribution >= 0.6 is 0 Å². The Kier molecular flexibility index (Phi) is 2.73. The summed E-state index contributed by atoms with van der Waals surface area (Å²) >= 11 is 0. The Balaban J connectivity index is 1.55. The maximum Gasteiger partial charge on any atom is 0.0309 e. The fourth-order valence-corrected chi connectivity index (χ4v) is 3.63. The van der Waals surface area contributed by atoms with Crippen molar-refractivity contribution < 1.29 is 0 Å². The summed E-state index contributed by atoms with van der Waals surface area (Å²) in [6.07, 6.45) is 10.2. The molecule has 0 unspecified atom stereocenters. The highest BCUT2D eigenvalue weighted by Gasteiger charge is 2.38. The normalized spacial score (nSPS) is 32.0. The number of hydrogen-bond acceptors (Lipinski definition) is 2. The molecule has 1 N–H and O–H groups in total. The lowest BCUT2D eigenvalue weighted by molar-refractivity contribution is 0.0990. The minimum atomic E-state index is 0.530. The average Bonchev–Trinajstić information content (AvgIpc) is 2.60. The Morgan fingerprint density at radius 2 is 1.93 bits per heavy atom. The molecule has 3 aliphatic rings. The summed E-state index contributed by atoms with van der Waals surface area (Å²) in [6.45, 7) is 5.25. The van der Waals surface area contributed by atoms with Gasteiger partial charge in [0, 0.05) is 31.7 Å². The predicted octanol–water partition coefficient (Wildman–Crippen LogP) is 2.00. The molecule has 86 valence electrons. The van der Waals surface area contributed by atoms with Crippen molar-refractivity contribution in [2.24, 2.45) is 5.92 Å². The Hall–Kier alpha value is -0.0800. The molecule has 0 amide bonds. The molecule has 1 spiro atoms. The molecule has 2 aliphatic carbocycles. The Labute approximate surface area is 93.4 Å². The molecule has 1 saturated heterocycles. The first-order valence-corrected chi connectivity index (χ1v) is 6.84. The van der Waals surface area contributed by atoms with E-state index in [1.165, 1.54) is 71.1 Å². The molecule has 1 aliphatic heterocycles. The van der Waals surface area contributed by atoms with Gasteiger partial charge in [0.25, 0.3) is 0 Å². The number of hydrogen-bond donors (Lipinski definition) is 1. The summed E-state index contributed by atoms with van der Waals surface area (Å²) in [4.78, 5) is 2.74. The molecule has 1 heterocycles. The van der Waals surface area contributed by atoms with E-state index in [0.29, 0.717) is 5.54 Å². The van der Waals surface area contributed by atoms with Crippen molar-refractivity contribution in [1.82, 2.24) is 10.2 Å². The molecule has 0 radical (unpaired) electrons. The van der Waals surface area contributed by atoms with Crippen LogP contribution in [-0.4, -0.2) is 36.6 Å². The second-order valence-corrected chi connectivity index (χ2v) is 5.95. The molecule has 3 fully saturated rings. The molecule has 3 rings (SSSR count). The van der Waals surface area contributed by atoms with Crippen molar-refractivity contribution in [2.45, 2.75) is 50.5 Å². The third-order valence-electron chi connectivity index (χ3n) is 4.76. The summed E-state index contributed by atoms with van der Waals surface area (Å²) in [6, 6.07) is 0. The molecule has 2 saturated carbocycles. The van der Waals surface area contributed by atoms with Crippen molar-refractivity contribution in [1.29, 1.82) is 0 Å². The summed E-state index contributed by atoms with van der Waals surface area (Å²) in [7, 11) is 0. The highest BCUT2D eigenvalue weighted by molar-refractivity contribution is 4.98. The van der Waals surface area contributed by atoms with E-state index < -0.39 is 0 Å². The SMILES string of the molecule is C1CC(CN2CCNC3(CCCC3)C2)C1. The first-order valence-electron chi connectivity index (χ1n) is 6.84. The standard InChI is InChI=1S/C13H24N2/c1-2-7-13(6-1)11-15(9-8-14-13)10-12-4-3-5-12/h12,14H,1-11H2. The Morgan fingerprint density at radius 1 is 1.13 bits per heavy atom. The molecule has 2 heteroatoms. The predicted molar refractivity (Wildman–Crippen MR) is 63.0 cm³/mol. The largest absolute Gasteiger partial charge is 0.309 e. The van der Waals surface area contributed by atoms with E-state index in [2.05, 4.69) is 10.2 Å². The van der Waals surface area contributed by atoms with E-state index in [1.54, 1.807) is 0 Å². The van der Waals surface area contributed by atoms with Gasteiger partial charge in [-0.1, -0.05) is 19.3 Å². The summed E-state index contributed by atoms with van der Waals surface area (Å²) in [5.41, 5.74) is 0.530. The van der Waals surface area contributed by atoms with Gasteiger partial charge in [0.05, 0.1) is 0 Å². The van der Waals surface area contributed by atoms with Crippen molar-refractivity contribution in [3.8, 4) is 0 Å². The monoisotopic (exact) mass is 208 g/mol. The van der Waals surface area contributed by atoms with Gasteiger partial charge in [-0.3, -0.25) is 4.90 Å². The topological polar surface area (TPSA) is 15.3 Å². The molecule has 0 aromatic carbocycles. The highest BCUT2D eigenvalue weighted by Crippen LogP contribution is 2.33. The second kappa shape index (κ2) is 4.06. The van der Waals surface area contributed by atoms with Crippen LogP contribution in [0.25, 0.3) is 0 Å². The van der Waals surface area contributed by atoms with Gasteiger partial charge < -0.3 is 5.32 Å². The molecule has 15 heavy (non-hydrogen) atoms. The molecule has 0 bridgehead atoms. The molecular weight excluding hydrogens is 184 g/mol. The van der Waals surface area contributed by atoms with Crippen molar-refractivity contribution >= 4 is 0 Å².